The zero-order valence-electron chi connectivity index (χ0n) is 9.31. The summed E-state index contributed by atoms with van der Waals surface area (Å²) in [5.41, 5.74) is 0.797. The highest BCUT2D eigenvalue weighted by Gasteiger charge is 2.29. The molecule has 1 unspecified atom stereocenters. The fraction of sp³-hybridized carbons (Fsp3) is 0.200. The van der Waals surface area contributed by atoms with Gasteiger partial charge in [0, 0.05) is 12.1 Å². The van der Waals surface area contributed by atoms with Crippen LogP contribution in [0.15, 0.2) is 39.6 Å². The van der Waals surface area contributed by atoms with Gasteiger partial charge in [-0.05, 0) is 19.1 Å². The second-order valence-electron chi connectivity index (χ2n) is 3.53. The lowest BCUT2D eigenvalue weighted by Gasteiger charge is -1.97. The Morgan fingerprint density at radius 3 is 2.56 bits per heavy atom. The Balaban J connectivity index is 2.12. The first-order chi connectivity index (χ1) is 8.58. The molecule has 1 aromatic rings. The predicted molar refractivity (Wildman–Crippen MR) is 60.6 cm³/mol. The highest BCUT2D eigenvalue weighted by atomic mass is 16.7. The minimum atomic E-state index is -0.833. The van der Waals surface area contributed by atoms with Crippen LogP contribution in [0.3, 0.4) is 0 Å². The number of oxime groups is 1. The molecule has 1 atom stereocenters. The first-order valence-electron chi connectivity index (χ1n) is 4.98. The van der Waals surface area contributed by atoms with Crippen LogP contribution >= 0.6 is 0 Å². The van der Waals surface area contributed by atoms with Gasteiger partial charge in [-0.3, -0.25) is 10.1 Å². The van der Waals surface area contributed by atoms with E-state index in [4.69, 9.17) is 0 Å². The fourth-order valence-electron chi connectivity index (χ4n) is 1.28. The molecule has 1 aliphatic rings. The molecule has 1 aromatic carbocycles. The summed E-state index contributed by atoms with van der Waals surface area (Å²) in [4.78, 5) is 25.5. The van der Waals surface area contributed by atoms with Gasteiger partial charge in [-0.25, -0.2) is 4.79 Å². The van der Waals surface area contributed by atoms with Crippen molar-refractivity contribution in [1.29, 1.82) is 0 Å². The van der Waals surface area contributed by atoms with E-state index in [1.54, 1.807) is 6.92 Å². The lowest BCUT2D eigenvalue weighted by molar-refractivity contribution is -0.384. The molecule has 8 nitrogen and oxygen atoms in total. The lowest BCUT2D eigenvalue weighted by atomic mass is 10.2. The largest absolute Gasteiger partial charge is 0.367 e. The van der Waals surface area contributed by atoms with Crippen LogP contribution in [-0.4, -0.2) is 22.6 Å². The van der Waals surface area contributed by atoms with Gasteiger partial charge in [0.05, 0.1) is 16.3 Å². The number of nitrogens with zero attached hydrogens (tertiary/aromatic N) is 4. The number of carbonyl (C=O) groups is 1. The lowest BCUT2D eigenvalue weighted by Crippen LogP contribution is -2.19. The van der Waals surface area contributed by atoms with Gasteiger partial charge in [0.2, 0.25) is 6.04 Å². The third-order valence-electron chi connectivity index (χ3n) is 2.25. The van der Waals surface area contributed by atoms with Crippen LogP contribution in [0.4, 0.5) is 11.4 Å². The van der Waals surface area contributed by atoms with Crippen LogP contribution in [0.25, 0.3) is 0 Å². The van der Waals surface area contributed by atoms with Crippen LogP contribution < -0.4 is 0 Å². The Bertz CT molecular complexity index is 550. The molecule has 0 amide bonds. The minimum absolute atomic E-state index is 0.0352. The molecule has 0 bridgehead atoms. The Labute approximate surface area is 101 Å². The first-order valence-corrected chi connectivity index (χ1v) is 4.98. The third kappa shape index (κ3) is 2.37. The second kappa shape index (κ2) is 4.70. The number of azo groups is 1. The van der Waals surface area contributed by atoms with E-state index in [0.29, 0.717) is 11.4 Å². The summed E-state index contributed by atoms with van der Waals surface area (Å²) in [6.07, 6.45) is 0. The molecule has 0 aromatic heterocycles. The molecule has 1 aliphatic heterocycles. The number of nitro groups is 1. The van der Waals surface area contributed by atoms with Crippen molar-refractivity contribution in [3.05, 3.63) is 34.4 Å². The Kier molecular flexibility index (Phi) is 3.09. The Hall–Kier alpha value is -2.64. The number of hydrogen-bond donors (Lipinski definition) is 0. The topological polar surface area (TPSA) is 107 Å². The van der Waals surface area contributed by atoms with Crippen LogP contribution in [0.5, 0.6) is 0 Å². The van der Waals surface area contributed by atoms with Crippen molar-refractivity contribution in [3.63, 3.8) is 0 Å². The molecule has 18 heavy (non-hydrogen) atoms. The first kappa shape index (κ1) is 11.8. The summed E-state index contributed by atoms with van der Waals surface area (Å²) in [7, 11) is 0. The van der Waals surface area contributed by atoms with Crippen LogP contribution in [0, 0.1) is 10.1 Å². The molecule has 0 N–H and O–H groups in total. The molecule has 1 heterocycles. The van der Waals surface area contributed by atoms with Gasteiger partial charge in [0.1, 0.15) is 0 Å². The van der Waals surface area contributed by atoms with E-state index >= 15 is 0 Å². The van der Waals surface area contributed by atoms with Crippen LogP contribution in [0.1, 0.15) is 6.92 Å². The van der Waals surface area contributed by atoms with Gasteiger partial charge < -0.3 is 4.84 Å². The van der Waals surface area contributed by atoms with Gasteiger partial charge in [0.15, 0.2) is 0 Å². The Morgan fingerprint density at radius 2 is 2.06 bits per heavy atom. The van der Waals surface area contributed by atoms with E-state index in [-0.39, 0.29) is 5.69 Å². The summed E-state index contributed by atoms with van der Waals surface area (Å²) >= 11 is 0. The van der Waals surface area contributed by atoms with Crippen molar-refractivity contribution in [3.8, 4) is 0 Å². The van der Waals surface area contributed by atoms with Crippen molar-refractivity contribution < 1.29 is 14.6 Å². The molecule has 0 saturated carbocycles. The van der Waals surface area contributed by atoms with Crippen LogP contribution in [-0.2, 0) is 9.63 Å². The number of carbonyl (C=O) groups excluding carboxylic acids is 1. The van der Waals surface area contributed by atoms with E-state index in [0.717, 1.165) is 0 Å². The number of non-ortho nitro benzene ring substituents is 1. The number of nitro benzene ring substituents is 1. The number of rotatable bonds is 3. The number of benzene rings is 1. The molecule has 8 heteroatoms. The molecular weight excluding hydrogens is 240 g/mol. The molecular formula is C10H8N4O4. The smallest absolute Gasteiger partial charge is 0.315 e. The highest BCUT2D eigenvalue weighted by molar-refractivity contribution is 6.07. The molecule has 0 spiro atoms. The summed E-state index contributed by atoms with van der Waals surface area (Å²) < 4.78 is 0. The maximum atomic E-state index is 11.2. The standard InChI is InChI=1S/C10H8N4O4/c1-6-9(10(15)18-13-6)12-11-7-2-4-8(5-3-7)14(16)17/h2-5,9H,1H3. The second-order valence-corrected chi connectivity index (χ2v) is 3.53. The maximum Gasteiger partial charge on any atom is 0.367 e. The SMILES string of the molecule is CC1=NOC(=O)C1N=Nc1ccc([N+](=O)[O-])cc1. The highest BCUT2D eigenvalue weighted by Crippen LogP contribution is 2.19. The zero-order valence-corrected chi connectivity index (χ0v) is 9.31. The van der Waals surface area contributed by atoms with Crippen LogP contribution in [0.2, 0.25) is 0 Å². The maximum absolute atomic E-state index is 11.2. The molecule has 92 valence electrons. The van der Waals surface area contributed by atoms with Gasteiger partial charge >= 0.3 is 5.97 Å². The summed E-state index contributed by atoms with van der Waals surface area (Å²) in [6, 6.07) is 4.66. The summed E-state index contributed by atoms with van der Waals surface area (Å²) in [6.45, 7) is 1.60. The molecule has 0 fully saturated rings. The van der Waals surface area contributed by atoms with E-state index in [9.17, 15) is 14.9 Å². The Morgan fingerprint density at radius 1 is 1.39 bits per heavy atom. The van der Waals surface area contributed by atoms with Gasteiger partial charge in [-0.2, -0.15) is 10.2 Å². The quantitative estimate of drug-likeness (QED) is 0.352. The van der Waals surface area contributed by atoms with Crippen molar-refractivity contribution in [2.45, 2.75) is 13.0 Å². The summed E-state index contributed by atoms with van der Waals surface area (Å²) in [5.74, 6) is -0.585. The van der Waals surface area contributed by atoms with Crippen molar-refractivity contribution >= 4 is 23.1 Å². The molecule has 0 saturated heterocycles. The van der Waals surface area contributed by atoms with E-state index in [1.165, 1.54) is 24.3 Å². The van der Waals surface area contributed by atoms with Gasteiger partial charge in [-0.15, -0.1) is 0 Å². The normalized spacial score (nSPS) is 18.8. The zero-order chi connectivity index (χ0) is 13.1. The monoisotopic (exact) mass is 248 g/mol. The van der Waals surface area contributed by atoms with E-state index in [1.807, 2.05) is 0 Å². The van der Waals surface area contributed by atoms with Gasteiger partial charge in [-0.1, -0.05) is 5.16 Å². The van der Waals surface area contributed by atoms with Crippen molar-refractivity contribution in [1.82, 2.24) is 0 Å². The van der Waals surface area contributed by atoms with E-state index in [2.05, 4.69) is 20.2 Å². The summed E-state index contributed by atoms with van der Waals surface area (Å²) in [5, 5.41) is 21.5. The third-order valence-corrected chi connectivity index (χ3v) is 2.25. The average Bonchev–Trinajstić information content (AvgIpc) is 2.67. The molecule has 0 aliphatic carbocycles. The average molecular weight is 248 g/mol. The van der Waals surface area contributed by atoms with Crippen molar-refractivity contribution in [2.75, 3.05) is 0 Å². The minimum Gasteiger partial charge on any atom is -0.315 e. The molecule has 2 rings (SSSR count). The molecule has 0 radical (unpaired) electrons. The van der Waals surface area contributed by atoms with Gasteiger partial charge in [0.25, 0.3) is 5.69 Å². The van der Waals surface area contributed by atoms with Crippen molar-refractivity contribution in [2.24, 2.45) is 15.4 Å². The fourth-order valence-corrected chi connectivity index (χ4v) is 1.28. The van der Waals surface area contributed by atoms with E-state index < -0.39 is 16.9 Å². The predicted octanol–water partition coefficient (Wildman–Crippen LogP) is 1.98. The number of hydrogen-bond acceptors (Lipinski definition) is 7.